The molecule has 4 aliphatic rings. The highest BCUT2D eigenvalue weighted by Crippen LogP contribution is 2.27. The molecule has 1 aromatic rings. The molecule has 5 rings (SSSR count). The Kier molecular flexibility index (Phi) is 5.58. The van der Waals surface area contributed by atoms with Gasteiger partial charge in [0.15, 0.2) is 5.82 Å². The number of amides is 2. The van der Waals surface area contributed by atoms with E-state index >= 15 is 0 Å². The molecule has 162 valence electrons. The second-order valence-electron chi connectivity index (χ2n) is 8.98. The lowest BCUT2D eigenvalue weighted by molar-refractivity contribution is -0.136. The van der Waals surface area contributed by atoms with Crippen LogP contribution in [0.2, 0.25) is 0 Å². The molecule has 1 aliphatic carbocycles. The van der Waals surface area contributed by atoms with E-state index in [1.165, 1.54) is 18.4 Å². The first-order valence-corrected chi connectivity index (χ1v) is 11.5. The van der Waals surface area contributed by atoms with Crippen LogP contribution in [0.1, 0.15) is 43.4 Å². The summed E-state index contributed by atoms with van der Waals surface area (Å²) in [5.74, 6) is 0.997. The van der Waals surface area contributed by atoms with E-state index in [9.17, 15) is 9.59 Å². The van der Waals surface area contributed by atoms with Gasteiger partial charge in [0.25, 0.3) is 0 Å². The van der Waals surface area contributed by atoms with Gasteiger partial charge in [0, 0.05) is 58.4 Å². The Labute approximate surface area is 177 Å². The standard InChI is InChI=1S/C22H31N5O3/c28-21-14-17(15-27(21)18-5-11-30-12-6-18)22(29)26-9-7-25(8-10-26)20-13-16-3-1-2-4-19(16)23-24-20/h13,17-18H,1-12,14-15H2. The molecule has 0 saturated carbocycles. The van der Waals surface area contributed by atoms with Crippen molar-refractivity contribution in [3.05, 3.63) is 17.3 Å². The highest BCUT2D eigenvalue weighted by Gasteiger charge is 2.40. The fourth-order valence-electron chi connectivity index (χ4n) is 5.29. The summed E-state index contributed by atoms with van der Waals surface area (Å²) >= 11 is 0. The Hall–Kier alpha value is -2.22. The van der Waals surface area contributed by atoms with E-state index in [1.54, 1.807) is 0 Å². The van der Waals surface area contributed by atoms with Gasteiger partial charge in [0.1, 0.15) is 0 Å². The highest BCUT2D eigenvalue weighted by atomic mass is 16.5. The molecule has 3 saturated heterocycles. The van der Waals surface area contributed by atoms with Crippen molar-refractivity contribution in [2.75, 3.05) is 50.8 Å². The minimum absolute atomic E-state index is 0.128. The molecule has 3 fully saturated rings. The predicted octanol–water partition coefficient (Wildman–Crippen LogP) is 1.03. The highest BCUT2D eigenvalue weighted by molar-refractivity contribution is 5.89. The summed E-state index contributed by atoms with van der Waals surface area (Å²) < 4.78 is 5.41. The maximum Gasteiger partial charge on any atom is 0.228 e. The summed E-state index contributed by atoms with van der Waals surface area (Å²) in [6.45, 7) is 4.88. The number of aromatic nitrogens is 2. The van der Waals surface area contributed by atoms with Gasteiger partial charge in [-0.1, -0.05) is 0 Å². The molecular formula is C22H31N5O3. The van der Waals surface area contributed by atoms with Gasteiger partial charge in [-0.05, 0) is 50.2 Å². The average Bonchev–Trinajstić information content (AvgIpc) is 3.20. The SMILES string of the molecule is O=C(C1CC(=O)N(C2CCOCC2)C1)N1CCN(c2cc3c(nn2)CCCC3)CC1. The van der Waals surface area contributed by atoms with Crippen molar-refractivity contribution in [2.24, 2.45) is 5.92 Å². The van der Waals surface area contributed by atoms with E-state index in [0.29, 0.717) is 39.3 Å². The zero-order valence-corrected chi connectivity index (χ0v) is 17.6. The Morgan fingerprint density at radius 2 is 1.80 bits per heavy atom. The Morgan fingerprint density at radius 3 is 2.60 bits per heavy atom. The molecule has 30 heavy (non-hydrogen) atoms. The Morgan fingerprint density at radius 1 is 1.03 bits per heavy atom. The zero-order chi connectivity index (χ0) is 20.5. The van der Waals surface area contributed by atoms with Gasteiger partial charge in [0.05, 0.1) is 11.6 Å². The fourth-order valence-corrected chi connectivity index (χ4v) is 5.29. The molecule has 0 N–H and O–H groups in total. The van der Waals surface area contributed by atoms with Crippen LogP contribution >= 0.6 is 0 Å². The molecule has 1 unspecified atom stereocenters. The largest absolute Gasteiger partial charge is 0.381 e. The van der Waals surface area contributed by atoms with Crippen LogP contribution in [-0.4, -0.2) is 83.8 Å². The predicted molar refractivity (Wildman–Crippen MR) is 111 cm³/mol. The third-order valence-corrected chi connectivity index (χ3v) is 7.11. The molecule has 8 heteroatoms. The quantitative estimate of drug-likeness (QED) is 0.737. The molecule has 0 spiro atoms. The van der Waals surface area contributed by atoms with Crippen molar-refractivity contribution in [3.8, 4) is 0 Å². The van der Waals surface area contributed by atoms with Gasteiger partial charge in [-0.25, -0.2) is 0 Å². The molecule has 0 radical (unpaired) electrons. The first-order chi connectivity index (χ1) is 14.7. The lowest BCUT2D eigenvalue weighted by Crippen LogP contribution is -2.51. The van der Waals surface area contributed by atoms with Crippen LogP contribution in [0.5, 0.6) is 0 Å². The third kappa shape index (κ3) is 3.89. The van der Waals surface area contributed by atoms with Crippen molar-refractivity contribution < 1.29 is 14.3 Å². The van der Waals surface area contributed by atoms with E-state index < -0.39 is 0 Å². The van der Waals surface area contributed by atoms with Gasteiger partial charge in [-0.15, -0.1) is 5.10 Å². The van der Waals surface area contributed by atoms with Crippen LogP contribution in [0.4, 0.5) is 5.82 Å². The van der Waals surface area contributed by atoms with Crippen LogP contribution < -0.4 is 4.90 Å². The molecular weight excluding hydrogens is 382 g/mol. The summed E-state index contributed by atoms with van der Waals surface area (Å²) in [5.41, 5.74) is 2.49. The number of fused-ring (bicyclic) bond motifs is 1. The maximum atomic E-state index is 13.1. The number of hydrogen-bond acceptors (Lipinski definition) is 6. The number of nitrogens with zero attached hydrogens (tertiary/aromatic N) is 5. The number of hydrogen-bond donors (Lipinski definition) is 0. The average molecular weight is 414 g/mol. The van der Waals surface area contributed by atoms with E-state index in [4.69, 9.17) is 4.74 Å². The number of rotatable bonds is 3. The van der Waals surface area contributed by atoms with Crippen molar-refractivity contribution >= 4 is 17.6 Å². The van der Waals surface area contributed by atoms with E-state index in [2.05, 4.69) is 21.2 Å². The fraction of sp³-hybridized carbons (Fsp3) is 0.727. The number of piperazine rings is 1. The molecule has 0 aromatic carbocycles. The lowest BCUT2D eigenvalue weighted by Gasteiger charge is -2.36. The van der Waals surface area contributed by atoms with Crippen LogP contribution in [0.15, 0.2) is 6.07 Å². The second kappa shape index (κ2) is 8.49. The number of ether oxygens (including phenoxy) is 1. The Balaban J connectivity index is 1.17. The van der Waals surface area contributed by atoms with Crippen LogP contribution in [0, 0.1) is 5.92 Å². The molecule has 1 aromatic heterocycles. The smallest absolute Gasteiger partial charge is 0.228 e. The van der Waals surface area contributed by atoms with Crippen LogP contribution in [0.3, 0.4) is 0 Å². The van der Waals surface area contributed by atoms with Crippen LogP contribution in [0.25, 0.3) is 0 Å². The Bertz CT molecular complexity index is 802. The first-order valence-electron chi connectivity index (χ1n) is 11.5. The summed E-state index contributed by atoms with van der Waals surface area (Å²) in [6.07, 6.45) is 6.68. The van der Waals surface area contributed by atoms with E-state index in [1.807, 2.05) is 9.80 Å². The maximum absolute atomic E-state index is 13.1. The normalized spacial score (nSPS) is 25.5. The lowest BCUT2D eigenvalue weighted by atomic mass is 9.97. The first kappa shape index (κ1) is 19.7. The number of carbonyl (C=O) groups excluding carboxylic acids is 2. The molecule has 3 aliphatic heterocycles. The van der Waals surface area contributed by atoms with Gasteiger partial charge in [-0.3, -0.25) is 9.59 Å². The molecule has 4 heterocycles. The molecule has 2 amide bonds. The molecule has 0 bridgehead atoms. The van der Waals surface area contributed by atoms with Crippen molar-refractivity contribution in [1.82, 2.24) is 20.0 Å². The topological polar surface area (TPSA) is 78.9 Å². The summed E-state index contributed by atoms with van der Waals surface area (Å²) in [4.78, 5) is 31.7. The number of likely N-dealkylation sites (tertiary alicyclic amines) is 1. The van der Waals surface area contributed by atoms with Crippen LogP contribution in [-0.2, 0) is 27.2 Å². The van der Waals surface area contributed by atoms with Crippen molar-refractivity contribution in [3.63, 3.8) is 0 Å². The second-order valence-corrected chi connectivity index (χ2v) is 8.98. The van der Waals surface area contributed by atoms with Gasteiger partial charge in [0.2, 0.25) is 11.8 Å². The molecule has 1 atom stereocenters. The van der Waals surface area contributed by atoms with E-state index in [0.717, 1.165) is 50.3 Å². The molecule has 8 nitrogen and oxygen atoms in total. The van der Waals surface area contributed by atoms with Crippen molar-refractivity contribution in [1.29, 1.82) is 0 Å². The van der Waals surface area contributed by atoms with Gasteiger partial charge < -0.3 is 19.4 Å². The third-order valence-electron chi connectivity index (χ3n) is 7.11. The zero-order valence-electron chi connectivity index (χ0n) is 17.6. The van der Waals surface area contributed by atoms with Gasteiger partial charge >= 0.3 is 0 Å². The van der Waals surface area contributed by atoms with Gasteiger partial charge in [-0.2, -0.15) is 5.10 Å². The van der Waals surface area contributed by atoms with Crippen molar-refractivity contribution in [2.45, 2.75) is 51.0 Å². The van der Waals surface area contributed by atoms with E-state index in [-0.39, 0.29) is 23.8 Å². The number of carbonyl (C=O) groups is 2. The minimum Gasteiger partial charge on any atom is -0.381 e. The number of anilines is 1. The summed E-state index contributed by atoms with van der Waals surface area (Å²) in [5, 5.41) is 8.89. The summed E-state index contributed by atoms with van der Waals surface area (Å²) in [6, 6.07) is 2.43. The summed E-state index contributed by atoms with van der Waals surface area (Å²) in [7, 11) is 0. The minimum atomic E-state index is -0.199. The number of aryl methyl sites for hydroxylation is 2. The monoisotopic (exact) mass is 413 g/mol.